The summed E-state index contributed by atoms with van der Waals surface area (Å²) < 4.78 is 10.5. The number of piperazine rings is 1. The van der Waals surface area contributed by atoms with Crippen molar-refractivity contribution < 1.29 is 14.1 Å². The zero-order chi connectivity index (χ0) is 15.5. The first-order valence-electron chi connectivity index (χ1n) is 7.91. The molecule has 1 aromatic rings. The fraction of sp³-hybridized carbons (Fsp3) is 0.733. The molecule has 2 fully saturated rings. The molecule has 0 radical (unpaired) electrons. The summed E-state index contributed by atoms with van der Waals surface area (Å²) in [5.74, 6) is 0.893. The molecule has 1 aromatic heterocycles. The molecule has 0 atom stereocenters. The molecule has 2 saturated heterocycles. The number of nitrogens with zero attached hydrogens (tertiary/aromatic N) is 4. The molecule has 2 amide bonds. The number of rotatable bonds is 2. The van der Waals surface area contributed by atoms with E-state index in [2.05, 4.69) is 10.1 Å². The van der Waals surface area contributed by atoms with Crippen LogP contribution in [0.4, 0.5) is 4.79 Å². The molecule has 0 N–H and O–H groups in total. The van der Waals surface area contributed by atoms with E-state index in [1.807, 2.05) is 23.6 Å². The first-order valence-corrected chi connectivity index (χ1v) is 7.91. The number of carbonyl (C=O) groups excluding carboxylic acids is 1. The maximum absolute atomic E-state index is 12.4. The molecule has 0 aromatic carbocycles. The van der Waals surface area contributed by atoms with Gasteiger partial charge in [0.1, 0.15) is 5.76 Å². The number of aryl methyl sites for hydroxylation is 2. The maximum Gasteiger partial charge on any atom is 0.320 e. The van der Waals surface area contributed by atoms with Gasteiger partial charge in [-0.25, -0.2) is 4.79 Å². The van der Waals surface area contributed by atoms with Crippen molar-refractivity contribution in [3.8, 4) is 0 Å². The van der Waals surface area contributed by atoms with E-state index in [0.29, 0.717) is 26.3 Å². The van der Waals surface area contributed by atoms with Gasteiger partial charge in [0.05, 0.1) is 18.9 Å². The van der Waals surface area contributed by atoms with E-state index in [1.54, 1.807) is 0 Å². The molecule has 0 bridgehead atoms. The summed E-state index contributed by atoms with van der Waals surface area (Å²) in [7, 11) is 0. The quantitative estimate of drug-likeness (QED) is 0.811. The van der Waals surface area contributed by atoms with Crippen molar-refractivity contribution in [3.63, 3.8) is 0 Å². The number of urea groups is 1. The van der Waals surface area contributed by atoms with Crippen molar-refractivity contribution in [1.29, 1.82) is 0 Å². The lowest BCUT2D eigenvalue weighted by molar-refractivity contribution is 0.0372. The van der Waals surface area contributed by atoms with Gasteiger partial charge in [-0.2, -0.15) is 0 Å². The number of amides is 2. The van der Waals surface area contributed by atoms with E-state index in [0.717, 1.165) is 44.2 Å². The van der Waals surface area contributed by atoms with Crippen LogP contribution in [-0.2, 0) is 11.3 Å². The summed E-state index contributed by atoms with van der Waals surface area (Å²) >= 11 is 0. The van der Waals surface area contributed by atoms with Crippen molar-refractivity contribution in [2.24, 2.45) is 0 Å². The largest absolute Gasteiger partial charge is 0.378 e. The third kappa shape index (κ3) is 3.25. The molecular formula is C15H24N4O3. The zero-order valence-electron chi connectivity index (χ0n) is 13.4. The number of carbonyl (C=O) groups is 1. The van der Waals surface area contributed by atoms with E-state index >= 15 is 0 Å². The summed E-state index contributed by atoms with van der Waals surface area (Å²) in [5, 5.41) is 4.00. The van der Waals surface area contributed by atoms with Gasteiger partial charge in [-0.3, -0.25) is 4.90 Å². The molecule has 2 aliphatic heterocycles. The molecule has 7 nitrogen and oxygen atoms in total. The second kappa shape index (κ2) is 6.66. The second-order valence-electron chi connectivity index (χ2n) is 5.95. The Hall–Kier alpha value is -1.60. The molecule has 2 aliphatic rings. The fourth-order valence-electron chi connectivity index (χ4n) is 3.00. The van der Waals surface area contributed by atoms with Crippen LogP contribution in [0.5, 0.6) is 0 Å². The highest BCUT2D eigenvalue weighted by Crippen LogP contribution is 2.16. The van der Waals surface area contributed by atoms with Crippen LogP contribution in [0.1, 0.15) is 17.0 Å². The minimum Gasteiger partial charge on any atom is -0.378 e. The van der Waals surface area contributed by atoms with Gasteiger partial charge in [0, 0.05) is 51.4 Å². The minimum absolute atomic E-state index is 0.153. The molecule has 122 valence electrons. The van der Waals surface area contributed by atoms with Crippen LogP contribution in [0.2, 0.25) is 0 Å². The highest BCUT2D eigenvalue weighted by Gasteiger charge is 2.27. The summed E-state index contributed by atoms with van der Waals surface area (Å²) in [5.41, 5.74) is 2.14. The molecule has 3 heterocycles. The standard InChI is InChI=1S/C15H24N4O3/c1-12-14(13(2)22-16-12)11-17-3-5-18(6-4-17)15(20)19-7-9-21-10-8-19/h3-11H2,1-2H3. The number of hydrogen-bond acceptors (Lipinski definition) is 5. The van der Waals surface area contributed by atoms with Gasteiger partial charge in [0.15, 0.2) is 0 Å². The molecule has 0 aliphatic carbocycles. The van der Waals surface area contributed by atoms with Gasteiger partial charge in [0.25, 0.3) is 0 Å². The number of aromatic nitrogens is 1. The van der Waals surface area contributed by atoms with Crippen molar-refractivity contribution in [2.75, 3.05) is 52.5 Å². The minimum atomic E-state index is 0.153. The third-order valence-electron chi connectivity index (χ3n) is 4.49. The van der Waals surface area contributed by atoms with E-state index < -0.39 is 0 Å². The Morgan fingerprint density at radius 3 is 2.27 bits per heavy atom. The predicted molar refractivity (Wildman–Crippen MR) is 80.6 cm³/mol. The number of morpholine rings is 1. The Morgan fingerprint density at radius 1 is 1.05 bits per heavy atom. The maximum atomic E-state index is 12.4. The fourth-order valence-corrected chi connectivity index (χ4v) is 3.00. The molecular weight excluding hydrogens is 284 g/mol. The lowest BCUT2D eigenvalue weighted by Gasteiger charge is -2.38. The smallest absolute Gasteiger partial charge is 0.320 e. The van der Waals surface area contributed by atoms with Gasteiger partial charge in [-0.15, -0.1) is 0 Å². The summed E-state index contributed by atoms with van der Waals surface area (Å²) in [6.07, 6.45) is 0. The van der Waals surface area contributed by atoms with Crippen molar-refractivity contribution in [1.82, 2.24) is 19.9 Å². The van der Waals surface area contributed by atoms with Crippen LogP contribution in [0.25, 0.3) is 0 Å². The number of ether oxygens (including phenoxy) is 1. The van der Waals surface area contributed by atoms with Crippen molar-refractivity contribution in [3.05, 3.63) is 17.0 Å². The number of hydrogen-bond donors (Lipinski definition) is 0. The third-order valence-corrected chi connectivity index (χ3v) is 4.49. The average molecular weight is 308 g/mol. The van der Waals surface area contributed by atoms with E-state index in [1.165, 1.54) is 5.56 Å². The Labute approximate surface area is 130 Å². The Balaban J connectivity index is 1.51. The van der Waals surface area contributed by atoms with Crippen LogP contribution in [0, 0.1) is 13.8 Å². The Kier molecular flexibility index (Phi) is 4.63. The molecule has 3 rings (SSSR count). The van der Waals surface area contributed by atoms with E-state index in [4.69, 9.17) is 9.26 Å². The molecule has 0 saturated carbocycles. The SMILES string of the molecule is Cc1noc(C)c1CN1CCN(C(=O)N2CCOCC2)CC1. The Bertz CT molecular complexity index is 497. The van der Waals surface area contributed by atoms with Crippen LogP contribution in [-0.4, -0.2) is 78.4 Å². The average Bonchev–Trinajstić information content (AvgIpc) is 2.88. The van der Waals surface area contributed by atoms with Gasteiger partial charge in [0.2, 0.25) is 0 Å². The van der Waals surface area contributed by atoms with Gasteiger partial charge >= 0.3 is 6.03 Å². The van der Waals surface area contributed by atoms with Crippen molar-refractivity contribution in [2.45, 2.75) is 20.4 Å². The molecule has 22 heavy (non-hydrogen) atoms. The highest BCUT2D eigenvalue weighted by atomic mass is 16.5. The van der Waals surface area contributed by atoms with E-state index in [9.17, 15) is 4.79 Å². The summed E-state index contributed by atoms with van der Waals surface area (Å²) in [6.45, 7) is 10.8. The molecule has 0 unspecified atom stereocenters. The van der Waals surface area contributed by atoms with Crippen LogP contribution < -0.4 is 0 Å². The van der Waals surface area contributed by atoms with Gasteiger partial charge in [-0.1, -0.05) is 5.16 Å². The summed E-state index contributed by atoms with van der Waals surface area (Å²) in [6, 6.07) is 0.153. The second-order valence-corrected chi connectivity index (χ2v) is 5.95. The lowest BCUT2D eigenvalue weighted by Crippen LogP contribution is -2.54. The molecule has 0 spiro atoms. The Morgan fingerprint density at radius 2 is 1.68 bits per heavy atom. The van der Waals surface area contributed by atoms with Crippen LogP contribution in [0.3, 0.4) is 0 Å². The summed E-state index contributed by atoms with van der Waals surface area (Å²) in [4.78, 5) is 18.6. The van der Waals surface area contributed by atoms with Crippen LogP contribution in [0.15, 0.2) is 4.52 Å². The van der Waals surface area contributed by atoms with E-state index in [-0.39, 0.29) is 6.03 Å². The topological polar surface area (TPSA) is 62.1 Å². The first-order chi connectivity index (χ1) is 10.6. The first kappa shape index (κ1) is 15.3. The molecule has 7 heteroatoms. The van der Waals surface area contributed by atoms with Gasteiger partial charge < -0.3 is 19.1 Å². The highest BCUT2D eigenvalue weighted by molar-refractivity contribution is 5.74. The van der Waals surface area contributed by atoms with Crippen molar-refractivity contribution >= 4 is 6.03 Å². The van der Waals surface area contributed by atoms with Crippen LogP contribution >= 0.6 is 0 Å². The van der Waals surface area contributed by atoms with Gasteiger partial charge in [-0.05, 0) is 13.8 Å². The monoisotopic (exact) mass is 308 g/mol. The predicted octanol–water partition coefficient (Wildman–Crippen LogP) is 0.861. The lowest BCUT2D eigenvalue weighted by atomic mass is 10.2. The normalized spacial score (nSPS) is 20.5. The zero-order valence-corrected chi connectivity index (χ0v) is 13.4.